The first kappa shape index (κ1) is 15.6. The van der Waals surface area contributed by atoms with Crippen LogP contribution in [0.4, 0.5) is 0 Å². The Labute approximate surface area is 127 Å². The summed E-state index contributed by atoms with van der Waals surface area (Å²) in [6.45, 7) is 10.6. The summed E-state index contributed by atoms with van der Waals surface area (Å²) in [7, 11) is 0. The number of hydrogen-bond acceptors (Lipinski definition) is 2. The monoisotopic (exact) mass is 286 g/mol. The Morgan fingerprint density at radius 3 is 2.29 bits per heavy atom. The Kier molecular flexibility index (Phi) is 4.40. The Morgan fingerprint density at radius 2 is 1.76 bits per heavy atom. The van der Waals surface area contributed by atoms with E-state index in [4.69, 9.17) is 5.10 Å². The van der Waals surface area contributed by atoms with Crippen molar-refractivity contribution in [2.24, 2.45) is 0 Å². The van der Waals surface area contributed by atoms with Crippen LogP contribution in [0, 0.1) is 6.92 Å². The van der Waals surface area contributed by atoms with Gasteiger partial charge in [-0.3, -0.25) is 4.68 Å². The second-order valence-electron chi connectivity index (χ2n) is 6.70. The van der Waals surface area contributed by atoms with Gasteiger partial charge in [-0.2, -0.15) is 5.10 Å². The van der Waals surface area contributed by atoms with E-state index in [9.17, 15) is 5.11 Å². The lowest BCUT2D eigenvalue weighted by Gasteiger charge is -2.22. The molecule has 0 aliphatic heterocycles. The summed E-state index contributed by atoms with van der Waals surface area (Å²) in [6, 6.07) is 8.15. The largest absolute Gasteiger partial charge is 0.504 e. The minimum atomic E-state index is -0.135. The first-order valence-corrected chi connectivity index (χ1v) is 7.73. The van der Waals surface area contributed by atoms with Gasteiger partial charge in [0.2, 0.25) is 0 Å². The van der Waals surface area contributed by atoms with Crippen LogP contribution in [0.2, 0.25) is 0 Å². The summed E-state index contributed by atoms with van der Waals surface area (Å²) in [5.74, 6) is 0.335. The van der Waals surface area contributed by atoms with Crippen molar-refractivity contribution in [2.45, 2.75) is 59.4 Å². The van der Waals surface area contributed by atoms with E-state index in [0.29, 0.717) is 11.4 Å². The molecule has 0 saturated heterocycles. The number of aryl methyl sites for hydroxylation is 1. The van der Waals surface area contributed by atoms with Crippen LogP contribution in [0.3, 0.4) is 0 Å². The number of aromatic hydroxyl groups is 1. The van der Waals surface area contributed by atoms with Crippen LogP contribution >= 0.6 is 0 Å². The molecular formula is C18H26N2O. The van der Waals surface area contributed by atoms with E-state index in [1.54, 1.807) is 0 Å². The zero-order valence-electron chi connectivity index (χ0n) is 13.8. The molecule has 3 heteroatoms. The van der Waals surface area contributed by atoms with Crippen LogP contribution in [0.25, 0.3) is 11.3 Å². The fourth-order valence-electron chi connectivity index (χ4n) is 2.47. The Morgan fingerprint density at radius 1 is 1.14 bits per heavy atom. The summed E-state index contributed by atoms with van der Waals surface area (Å²) in [5, 5.41) is 15.3. The Balaban J connectivity index is 2.52. The van der Waals surface area contributed by atoms with Crippen LogP contribution in [-0.4, -0.2) is 14.9 Å². The molecule has 0 unspecified atom stereocenters. The number of rotatable bonds is 4. The number of hydrogen-bond donors (Lipinski definition) is 1. The van der Waals surface area contributed by atoms with Gasteiger partial charge in [-0.1, -0.05) is 43.2 Å². The summed E-state index contributed by atoms with van der Waals surface area (Å²) >= 11 is 0. The molecule has 1 aromatic heterocycles. The minimum Gasteiger partial charge on any atom is -0.504 e. The molecule has 0 saturated carbocycles. The van der Waals surface area contributed by atoms with Gasteiger partial charge in [0.15, 0.2) is 5.75 Å². The lowest BCUT2D eigenvalue weighted by atomic mass is 10.1. The molecule has 1 heterocycles. The quantitative estimate of drug-likeness (QED) is 0.887. The van der Waals surface area contributed by atoms with Crippen LogP contribution in [0.1, 0.15) is 51.8 Å². The highest BCUT2D eigenvalue weighted by atomic mass is 16.3. The molecular weight excluding hydrogens is 260 g/mol. The second-order valence-corrected chi connectivity index (χ2v) is 6.70. The van der Waals surface area contributed by atoms with Gasteiger partial charge in [-0.05, 0) is 40.5 Å². The number of aromatic nitrogens is 2. The van der Waals surface area contributed by atoms with Crippen molar-refractivity contribution in [1.29, 1.82) is 0 Å². The molecule has 0 bridgehead atoms. The van der Waals surface area contributed by atoms with Gasteiger partial charge in [0.05, 0.1) is 11.2 Å². The fraction of sp³-hybridized carbons (Fsp3) is 0.500. The van der Waals surface area contributed by atoms with Gasteiger partial charge in [0.1, 0.15) is 5.69 Å². The Bertz CT molecular complexity index is 603. The highest BCUT2D eigenvalue weighted by Crippen LogP contribution is 2.35. The van der Waals surface area contributed by atoms with E-state index < -0.39 is 0 Å². The van der Waals surface area contributed by atoms with E-state index in [1.807, 2.05) is 16.8 Å². The average molecular weight is 286 g/mol. The highest BCUT2D eigenvalue weighted by Gasteiger charge is 2.24. The summed E-state index contributed by atoms with van der Waals surface area (Å²) in [4.78, 5) is 0. The molecule has 0 spiro atoms. The zero-order valence-corrected chi connectivity index (χ0v) is 13.8. The second kappa shape index (κ2) is 5.92. The van der Waals surface area contributed by atoms with Gasteiger partial charge in [-0.25, -0.2) is 0 Å². The van der Waals surface area contributed by atoms with Crippen LogP contribution < -0.4 is 0 Å². The van der Waals surface area contributed by atoms with Crippen molar-refractivity contribution in [2.75, 3.05) is 0 Å². The van der Waals surface area contributed by atoms with Gasteiger partial charge >= 0.3 is 0 Å². The van der Waals surface area contributed by atoms with Crippen molar-refractivity contribution < 1.29 is 5.11 Å². The lowest BCUT2D eigenvalue weighted by Crippen LogP contribution is -2.25. The van der Waals surface area contributed by atoms with Gasteiger partial charge in [0.25, 0.3) is 0 Å². The van der Waals surface area contributed by atoms with Crippen molar-refractivity contribution in [3.8, 4) is 17.0 Å². The maximum absolute atomic E-state index is 10.6. The number of benzene rings is 1. The minimum absolute atomic E-state index is 0.135. The molecule has 0 aliphatic carbocycles. The van der Waals surface area contributed by atoms with Crippen molar-refractivity contribution in [1.82, 2.24) is 9.78 Å². The molecule has 0 aliphatic rings. The smallest absolute Gasteiger partial charge is 0.165 e. The zero-order chi connectivity index (χ0) is 15.6. The molecule has 1 aromatic carbocycles. The normalized spacial score (nSPS) is 11.9. The molecule has 0 radical (unpaired) electrons. The van der Waals surface area contributed by atoms with Gasteiger partial charge in [0, 0.05) is 5.56 Å². The van der Waals surface area contributed by atoms with E-state index >= 15 is 0 Å². The van der Waals surface area contributed by atoms with Crippen molar-refractivity contribution in [3.05, 3.63) is 35.5 Å². The molecule has 1 N–H and O–H groups in total. The number of unbranched alkanes of at least 4 members (excludes halogenated alkanes) is 1. The van der Waals surface area contributed by atoms with E-state index in [-0.39, 0.29) is 5.54 Å². The molecule has 0 fully saturated rings. The fourth-order valence-corrected chi connectivity index (χ4v) is 2.47. The molecule has 114 valence electrons. The predicted octanol–water partition coefficient (Wildman–Crippen LogP) is 4.66. The SMILES string of the molecule is CCCCc1c(O)c(-c2ccc(C)cc2)nn1C(C)(C)C. The molecule has 3 nitrogen and oxygen atoms in total. The third kappa shape index (κ3) is 3.29. The van der Waals surface area contributed by atoms with Crippen LogP contribution in [-0.2, 0) is 12.0 Å². The molecule has 2 rings (SSSR count). The standard InChI is InChI=1S/C18H26N2O/c1-6-7-8-15-17(21)16(19-20(15)18(3,4)5)14-11-9-13(2)10-12-14/h9-12,21H,6-8H2,1-5H3. The van der Waals surface area contributed by atoms with Crippen molar-refractivity contribution >= 4 is 0 Å². The van der Waals surface area contributed by atoms with Gasteiger partial charge < -0.3 is 5.11 Å². The van der Waals surface area contributed by atoms with Crippen LogP contribution in [0.5, 0.6) is 5.75 Å². The lowest BCUT2D eigenvalue weighted by molar-refractivity contribution is 0.338. The third-order valence-electron chi connectivity index (χ3n) is 3.68. The van der Waals surface area contributed by atoms with E-state index in [0.717, 1.165) is 30.5 Å². The van der Waals surface area contributed by atoms with E-state index in [1.165, 1.54) is 5.56 Å². The average Bonchev–Trinajstić information content (AvgIpc) is 2.74. The third-order valence-corrected chi connectivity index (χ3v) is 3.68. The number of nitrogens with zero attached hydrogens (tertiary/aromatic N) is 2. The first-order chi connectivity index (χ1) is 9.84. The predicted molar refractivity (Wildman–Crippen MR) is 87.7 cm³/mol. The van der Waals surface area contributed by atoms with E-state index in [2.05, 4.69) is 46.8 Å². The molecule has 21 heavy (non-hydrogen) atoms. The topological polar surface area (TPSA) is 38.1 Å². The maximum atomic E-state index is 10.6. The summed E-state index contributed by atoms with van der Waals surface area (Å²) in [5.41, 5.74) is 3.68. The van der Waals surface area contributed by atoms with Crippen molar-refractivity contribution in [3.63, 3.8) is 0 Å². The van der Waals surface area contributed by atoms with Gasteiger partial charge in [-0.15, -0.1) is 0 Å². The maximum Gasteiger partial charge on any atom is 0.165 e. The molecule has 2 aromatic rings. The summed E-state index contributed by atoms with van der Waals surface area (Å²) < 4.78 is 1.98. The highest BCUT2D eigenvalue weighted by molar-refractivity contribution is 5.67. The summed E-state index contributed by atoms with van der Waals surface area (Å²) in [6.07, 6.45) is 3.02. The van der Waals surface area contributed by atoms with Crippen LogP contribution in [0.15, 0.2) is 24.3 Å². The first-order valence-electron chi connectivity index (χ1n) is 7.73. The molecule has 0 atom stereocenters. The molecule has 0 amide bonds. The Hall–Kier alpha value is -1.77.